The highest BCUT2D eigenvalue weighted by atomic mass is 19.1. The molecule has 8 heteroatoms. The van der Waals surface area contributed by atoms with Crippen LogP contribution in [0.1, 0.15) is 25.5 Å². The third-order valence-corrected chi connectivity index (χ3v) is 4.32. The number of ether oxygens (including phenoxy) is 1. The van der Waals surface area contributed by atoms with Gasteiger partial charge in [-0.05, 0) is 32.0 Å². The third-order valence-electron chi connectivity index (χ3n) is 4.32. The van der Waals surface area contributed by atoms with Crippen molar-refractivity contribution in [3.63, 3.8) is 0 Å². The first-order chi connectivity index (χ1) is 12.3. The van der Waals surface area contributed by atoms with Crippen LogP contribution in [0, 0.1) is 5.82 Å². The van der Waals surface area contributed by atoms with E-state index in [4.69, 9.17) is 4.74 Å². The number of carbonyl (C=O) groups excluding carboxylic acids is 1. The van der Waals surface area contributed by atoms with Crippen molar-refractivity contribution in [2.24, 2.45) is 0 Å². The summed E-state index contributed by atoms with van der Waals surface area (Å²) in [6.45, 7) is 6.02. The number of methoxy groups -OCH3 is 1. The first-order valence-electron chi connectivity index (χ1n) is 8.63. The molecular formula is C18H26FN3O4. The van der Waals surface area contributed by atoms with Gasteiger partial charge in [0.25, 0.3) is 0 Å². The van der Waals surface area contributed by atoms with E-state index in [9.17, 15) is 19.1 Å². The van der Waals surface area contributed by atoms with Crippen molar-refractivity contribution in [3.05, 3.63) is 29.6 Å². The molecule has 0 radical (unpaired) electrons. The number of carboxylic acids is 1. The number of amides is 1. The van der Waals surface area contributed by atoms with Gasteiger partial charge in [-0.25, -0.2) is 4.39 Å². The van der Waals surface area contributed by atoms with Crippen LogP contribution in [-0.4, -0.2) is 72.7 Å². The molecule has 26 heavy (non-hydrogen) atoms. The van der Waals surface area contributed by atoms with Gasteiger partial charge in [0.1, 0.15) is 17.6 Å². The Morgan fingerprint density at radius 2 is 1.92 bits per heavy atom. The average molecular weight is 367 g/mol. The van der Waals surface area contributed by atoms with Crippen molar-refractivity contribution in [2.45, 2.75) is 25.9 Å². The predicted octanol–water partition coefficient (Wildman–Crippen LogP) is 1.10. The lowest BCUT2D eigenvalue weighted by Gasteiger charge is -2.37. The Labute approximate surface area is 152 Å². The largest absolute Gasteiger partial charge is 0.497 e. The lowest BCUT2D eigenvalue weighted by Crippen LogP contribution is -2.52. The second-order valence-electron chi connectivity index (χ2n) is 6.66. The zero-order valence-electron chi connectivity index (χ0n) is 15.4. The van der Waals surface area contributed by atoms with Gasteiger partial charge >= 0.3 is 5.97 Å². The van der Waals surface area contributed by atoms with Crippen LogP contribution in [0.4, 0.5) is 4.39 Å². The standard InChI is InChI=1S/C18H26FN3O4/c1-12(2)20-16(23)11-21-6-8-22(9-7-21)17(18(24)25)14-10-13(26-3)4-5-15(14)19/h4-5,10,12,17H,6-9,11H2,1-3H3,(H,20,23)(H,24,25). The number of carbonyl (C=O) groups is 2. The normalized spacial score (nSPS) is 17.1. The van der Waals surface area contributed by atoms with Crippen LogP contribution in [0.2, 0.25) is 0 Å². The molecule has 0 aromatic heterocycles. The van der Waals surface area contributed by atoms with E-state index in [1.807, 2.05) is 18.7 Å². The quantitative estimate of drug-likeness (QED) is 0.751. The Hall–Kier alpha value is -2.19. The van der Waals surface area contributed by atoms with Crippen LogP contribution in [0.15, 0.2) is 18.2 Å². The van der Waals surface area contributed by atoms with Crippen molar-refractivity contribution in [1.82, 2.24) is 15.1 Å². The Kier molecular flexibility index (Phi) is 6.93. The van der Waals surface area contributed by atoms with Gasteiger partial charge in [0.05, 0.1) is 13.7 Å². The molecule has 1 unspecified atom stereocenters. The van der Waals surface area contributed by atoms with Crippen molar-refractivity contribution >= 4 is 11.9 Å². The minimum absolute atomic E-state index is 0.0536. The predicted molar refractivity (Wildman–Crippen MR) is 94.6 cm³/mol. The summed E-state index contributed by atoms with van der Waals surface area (Å²) >= 11 is 0. The van der Waals surface area contributed by atoms with E-state index >= 15 is 0 Å². The second kappa shape index (κ2) is 8.95. The smallest absolute Gasteiger partial charge is 0.325 e. The highest BCUT2D eigenvalue weighted by molar-refractivity contribution is 5.78. The Bertz CT molecular complexity index is 645. The Balaban J connectivity index is 2.05. The molecule has 0 bridgehead atoms. The fourth-order valence-electron chi connectivity index (χ4n) is 3.09. The van der Waals surface area contributed by atoms with E-state index in [-0.39, 0.29) is 24.1 Å². The van der Waals surface area contributed by atoms with E-state index in [0.717, 1.165) is 0 Å². The fourth-order valence-corrected chi connectivity index (χ4v) is 3.09. The molecule has 1 atom stereocenters. The summed E-state index contributed by atoms with van der Waals surface area (Å²) < 4.78 is 19.3. The van der Waals surface area contributed by atoms with Crippen molar-refractivity contribution in [2.75, 3.05) is 39.8 Å². The summed E-state index contributed by atoms with van der Waals surface area (Å²) in [4.78, 5) is 27.3. The van der Waals surface area contributed by atoms with Gasteiger partial charge in [0.15, 0.2) is 0 Å². The van der Waals surface area contributed by atoms with Crippen LogP contribution in [0.5, 0.6) is 5.75 Å². The number of hydrogen-bond donors (Lipinski definition) is 2. The molecule has 2 N–H and O–H groups in total. The molecule has 7 nitrogen and oxygen atoms in total. The first kappa shape index (κ1) is 20.1. The number of benzene rings is 1. The lowest BCUT2D eigenvalue weighted by atomic mass is 10.0. The molecule has 1 aliphatic heterocycles. The molecule has 0 saturated carbocycles. The maximum absolute atomic E-state index is 14.2. The van der Waals surface area contributed by atoms with Crippen LogP contribution < -0.4 is 10.1 Å². The Morgan fingerprint density at radius 1 is 1.27 bits per heavy atom. The summed E-state index contributed by atoms with van der Waals surface area (Å²) in [5.41, 5.74) is 0.0860. The summed E-state index contributed by atoms with van der Waals surface area (Å²) in [6.07, 6.45) is 0. The number of nitrogens with one attached hydrogen (secondary N) is 1. The highest BCUT2D eigenvalue weighted by Gasteiger charge is 2.32. The number of halogens is 1. The molecule has 1 saturated heterocycles. The first-order valence-corrected chi connectivity index (χ1v) is 8.63. The van der Waals surface area contributed by atoms with E-state index in [1.54, 1.807) is 4.90 Å². The maximum atomic E-state index is 14.2. The number of hydrogen-bond acceptors (Lipinski definition) is 5. The molecule has 1 amide bonds. The van der Waals surface area contributed by atoms with Crippen molar-refractivity contribution in [1.29, 1.82) is 0 Å². The number of aliphatic carboxylic acids is 1. The molecule has 1 heterocycles. The average Bonchev–Trinajstić information content (AvgIpc) is 2.57. The molecule has 144 valence electrons. The van der Waals surface area contributed by atoms with Gasteiger partial charge in [0, 0.05) is 37.8 Å². The molecule has 2 rings (SSSR count). The molecule has 0 aliphatic carbocycles. The van der Waals surface area contributed by atoms with Gasteiger partial charge in [-0.15, -0.1) is 0 Å². The van der Waals surface area contributed by atoms with Gasteiger partial charge in [-0.3, -0.25) is 19.4 Å². The third kappa shape index (κ3) is 5.15. The van der Waals surface area contributed by atoms with Gasteiger partial charge in [0.2, 0.25) is 5.91 Å². The topological polar surface area (TPSA) is 82.1 Å². The van der Waals surface area contributed by atoms with Crippen molar-refractivity contribution < 1.29 is 23.8 Å². The van der Waals surface area contributed by atoms with E-state index < -0.39 is 17.8 Å². The SMILES string of the molecule is COc1ccc(F)c(C(C(=O)O)N2CCN(CC(=O)NC(C)C)CC2)c1. The van der Waals surface area contributed by atoms with Gasteiger partial charge in [-0.1, -0.05) is 0 Å². The number of nitrogens with zero attached hydrogens (tertiary/aromatic N) is 2. The van der Waals surface area contributed by atoms with Gasteiger partial charge < -0.3 is 15.2 Å². The highest BCUT2D eigenvalue weighted by Crippen LogP contribution is 2.28. The summed E-state index contributed by atoms with van der Waals surface area (Å²) in [6, 6.07) is 3.10. The summed E-state index contributed by atoms with van der Waals surface area (Å²) in [7, 11) is 1.45. The van der Waals surface area contributed by atoms with Gasteiger partial charge in [-0.2, -0.15) is 0 Å². The second-order valence-corrected chi connectivity index (χ2v) is 6.66. The minimum atomic E-state index is -1.11. The Morgan fingerprint density at radius 3 is 2.46 bits per heavy atom. The number of piperazine rings is 1. The maximum Gasteiger partial charge on any atom is 0.325 e. The van der Waals surface area contributed by atoms with Crippen LogP contribution in [0.25, 0.3) is 0 Å². The van der Waals surface area contributed by atoms with E-state index in [0.29, 0.717) is 31.9 Å². The molecule has 1 aromatic rings. The molecule has 0 spiro atoms. The lowest BCUT2D eigenvalue weighted by molar-refractivity contribution is -0.144. The molecule has 1 fully saturated rings. The zero-order chi connectivity index (χ0) is 19.3. The van der Waals surface area contributed by atoms with E-state index in [2.05, 4.69) is 5.32 Å². The summed E-state index contributed by atoms with van der Waals surface area (Å²) in [5.74, 6) is -1.32. The number of rotatable bonds is 7. The molecule has 1 aromatic carbocycles. The fraction of sp³-hybridized carbons (Fsp3) is 0.556. The van der Waals surface area contributed by atoms with Crippen LogP contribution in [0.3, 0.4) is 0 Å². The van der Waals surface area contributed by atoms with E-state index in [1.165, 1.54) is 25.3 Å². The van der Waals surface area contributed by atoms with Crippen LogP contribution in [-0.2, 0) is 9.59 Å². The van der Waals surface area contributed by atoms with Crippen molar-refractivity contribution in [3.8, 4) is 5.75 Å². The zero-order valence-corrected chi connectivity index (χ0v) is 15.4. The number of carboxylic acid groups (broad SMARTS) is 1. The molecular weight excluding hydrogens is 341 g/mol. The monoisotopic (exact) mass is 367 g/mol. The minimum Gasteiger partial charge on any atom is -0.497 e. The summed E-state index contributed by atoms with van der Waals surface area (Å²) in [5, 5.41) is 12.5. The van der Waals surface area contributed by atoms with Crippen LogP contribution >= 0.6 is 0 Å². The molecule has 1 aliphatic rings.